The summed E-state index contributed by atoms with van der Waals surface area (Å²) in [5.41, 5.74) is 1.74. The standard InChI is InChI=1S/C13H16N4O/c1-16-6-2-3-12(16)13(18)15-8-11-7-14-9-17(11)10-4-5-10/h2-3,6-7,9-10H,4-5,8H2,1H3,(H,15,18). The predicted octanol–water partition coefficient (Wildman–Crippen LogP) is 1.49. The number of nitrogens with zero attached hydrogens (tertiary/aromatic N) is 3. The van der Waals surface area contributed by atoms with Crippen LogP contribution >= 0.6 is 0 Å². The van der Waals surface area contributed by atoms with Crippen molar-refractivity contribution < 1.29 is 4.79 Å². The minimum Gasteiger partial charge on any atom is -0.347 e. The minimum absolute atomic E-state index is 0.0500. The van der Waals surface area contributed by atoms with Crippen LogP contribution in [0.3, 0.4) is 0 Å². The van der Waals surface area contributed by atoms with Crippen LogP contribution in [0.5, 0.6) is 0 Å². The van der Waals surface area contributed by atoms with Crippen LogP contribution < -0.4 is 5.32 Å². The van der Waals surface area contributed by atoms with Gasteiger partial charge < -0.3 is 14.5 Å². The van der Waals surface area contributed by atoms with E-state index >= 15 is 0 Å². The van der Waals surface area contributed by atoms with Crippen molar-refractivity contribution in [1.29, 1.82) is 0 Å². The summed E-state index contributed by atoms with van der Waals surface area (Å²) in [6.45, 7) is 0.528. The van der Waals surface area contributed by atoms with Crippen molar-refractivity contribution in [2.75, 3.05) is 0 Å². The molecule has 0 spiro atoms. The molecule has 1 fully saturated rings. The molecule has 1 N–H and O–H groups in total. The fourth-order valence-electron chi connectivity index (χ4n) is 2.11. The molecular formula is C13H16N4O. The second-order valence-electron chi connectivity index (χ2n) is 4.71. The molecule has 0 atom stereocenters. The monoisotopic (exact) mass is 244 g/mol. The molecule has 5 nitrogen and oxygen atoms in total. The Morgan fingerprint density at radius 2 is 2.39 bits per heavy atom. The van der Waals surface area contributed by atoms with E-state index in [1.54, 1.807) is 0 Å². The summed E-state index contributed by atoms with van der Waals surface area (Å²) in [6, 6.07) is 4.27. The number of carbonyl (C=O) groups is 1. The quantitative estimate of drug-likeness (QED) is 0.885. The van der Waals surface area contributed by atoms with E-state index in [4.69, 9.17) is 0 Å². The fraction of sp³-hybridized carbons (Fsp3) is 0.385. The molecule has 0 aliphatic heterocycles. The van der Waals surface area contributed by atoms with Crippen molar-refractivity contribution in [1.82, 2.24) is 19.4 Å². The average Bonchev–Trinajstić information content (AvgIpc) is 2.94. The van der Waals surface area contributed by atoms with Crippen LogP contribution in [0, 0.1) is 0 Å². The predicted molar refractivity (Wildman–Crippen MR) is 67.1 cm³/mol. The van der Waals surface area contributed by atoms with Crippen LogP contribution in [0.1, 0.15) is 35.1 Å². The van der Waals surface area contributed by atoms with E-state index in [9.17, 15) is 4.79 Å². The summed E-state index contributed by atoms with van der Waals surface area (Å²) >= 11 is 0. The smallest absolute Gasteiger partial charge is 0.268 e. The Morgan fingerprint density at radius 1 is 1.56 bits per heavy atom. The van der Waals surface area contributed by atoms with E-state index in [0.29, 0.717) is 18.3 Å². The SMILES string of the molecule is Cn1cccc1C(=O)NCc1cncn1C1CC1. The summed E-state index contributed by atoms with van der Waals surface area (Å²) in [5, 5.41) is 2.93. The number of hydrogen-bond acceptors (Lipinski definition) is 2. The van der Waals surface area contributed by atoms with Crippen molar-refractivity contribution in [2.24, 2.45) is 7.05 Å². The van der Waals surface area contributed by atoms with Crippen molar-refractivity contribution in [3.8, 4) is 0 Å². The van der Waals surface area contributed by atoms with E-state index in [0.717, 1.165) is 5.69 Å². The van der Waals surface area contributed by atoms with Gasteiger partial charge in [0.15, 0.2) is 0 Å². The van der Waals surface area contributed by atoms with Gasteiger partial charge >= 0.3 is 0 Å². The van der Waals surface area contributed by atoms with Crippen LogP contribution in [-0.2, 0) is 13.6 Å². The first kappa shape index (κ1) is 11.1. The highest BCUT2D eigenvalue weighted by Crippen LogP contribution is 2.35. The molecule has 1 aliphatic rings. The Labute approximate surface area is 105 Å². The van der Waals surface area contributed by atoms with Gasteiger partial charge in [-0.2, -0.15) is 0 Å². The van der Waals surface area contributed by atoms with Gasteiger partial charge in [-0.25, -0.2) is 4.98 Å². The number of amides is 1. The van der Waals surface area contributed by atoms with Crippen molar-refractivity contribution >= 4 is 5.91 Å². The number of rotatable bonds is 4. The first-order valence-corrected chi connectivity index (χ1v) is 6.16. The molecule has 0 bridgehead atoms. The Balaban J connectivity index is 1.66. The molecule has 0 radical (unpaired) electrons. The lowest BCUT2D eigenvalue weighted by molar-refractivity contribution is 0.0942. The van der Waals surface area contributed by atoms with Crippen LogP contribution in [0.15, 0.2) is 30.9 Å². The van der Waals surface area contributed by atoms with Crippen molar-refractivity contribution in [3.05, 3.63) is 42.2 Å². The molecule has 0 saturated heterocycles. The molecule has 2 aromatic heterocycles. The Morgan fingerprint density at radius 3 is 3.06 bits per heavy atom. The van der Waals surface area contributed by atoms with Crippen LogP contribution in [-0.4, -0.2) is 20.0 Å². The molecule has 2 heterocycles. The summed E-state index contributed by atoms with van der Waals surface area (Å²) in [4.78, 5) is 16.1. The summed E-state index contributed by atoms with van der Waals surface area (Å²) in [5.74, 6) is -0.0500. The second kappa shape index (κ2) is 4.33. The van der Waals surface area contributed by atoms with E-state index in [1.807, 2.05) is 42.5 Å². The van der Waals surface area contributed by atoms with Crippen molar-refractivity contribution in [2.45, 2.75) is 25.4 Å². The lowest BCUT2D eigenvalue weighted by atomic mass is 10.3. The van der Waals surface area contributed by atoms with E-state index in [1.165, 1.54) is 12.8 Å². The topological polar surface area (TPSA) is 51.9 Å². The van der Waals surface area contributed by atoms with Gasteiger partial charge in [-0.05, 0) is 25.0 Å². The van der Waals surface area contributed by atoms with E-state index < -0.39 is 0 Å². The largest absolute Gasteiger partial charge is 0.347 e. The Hall–Kier alpha value is -2.04. The zero-order chi connectivity index (χ0) is 12.5. The van der Waals surface area contributed by atoms with Crippen LogP contribution in [0.25, 0.3) is 0 Å². The average molecular weight is 244 g/mol. The van der Waals surface area contributed by atoms with Crippen LogP contribution in [0.2, 0.25) is 0 Å². The first-order chi connectivity index (χ1) is 8.75. The maximum Gasteiger partial charge on any atom is 0.268 e. The molecule has 1 aliphatic carbocycles. The Kier molecular flexibility index (Phi) is 2.66. The molecule has 1 saturated carbocycles. The lowest BCUT2D eigenvalue weighted by Crippen LogP contribution is -2.25. The molecule has 18 heavy (non-hydrogen) atoms. The number of carbonyl (C=O) groups excluding carboxylic acids is 1. The molecule has 2 aromatic rings. The number of imidazole rings is 1. The van der Waals surface area contributed by atoms with Gasteiger partial charge in [-0.15, -0.1) is 0 Å². The number of nitrogens with one attached hydrogen (secondary N) is 1. The van der Waals surface area contributed by atoms with Gasteiger partial charge in [-0.1, -0.05) is 0 Å². The van der Waals surface area contributed by atoms with Crippen LogP contribution in [0.4, 0.5) is 0 Å². The Bertz CT molecular complexity index is 565. The second-order valence-corrected chi connectivity index (χ2v) is 4.71. The highest BCUT2D eigenvalue weighted by atomic mass is 16.1. The molecule has 0 unspecified atom stereocenters. The number of aromatic nitrogens is 3. The first-order valence-electron chi connectivity index (χ1n) is 6.16. The summed E-state index contributed by atoms with van der Waals surface area (Å²) in [7, 11) is 1.86. The van der Waals surface area contributed by atoms with Gasteiger partial charge in [-0.3, -0.25) is 4.79 Å². The van der Waals surface area contributed by atoms with E-state index in [2.05, 4.69) is 14.9 Å². The summed E-state index contributed by atoms with van der Waals surface area (Å²) < 4.78 is 3.97. The molecule has 3 rings (SSSR count). The van der Waals surface area contributed by atoms with Gasteiger partial charge in [0, 0.05) is 25.5 Å². The molecule has 0 aromatic carbocycles. The normalized spacial score (nSPS) is 14.7. The molecule has 1 amide bonds. The van der Waals surface area contributed by atoms with E-state index in [-0.39, 0.29) is 5.91 Å². The molecule has 5 heteroatoms. The third-order valence-corrected chi connectivity index (χ3v) is 3.29. The fourth-order valence-corrected chi connectivity index (χ4v) is 2.11. The van der Waals surface area contributed by atoms with Gasteiger partial charge in [0.25, 0.3) is 5.91 Å². The highest BCUT2D eigenvalue weighted by molar-refractivity contribution is 5.92. The number of aryl methyl sites for hydroxylation is 1. The summed E-state index contributed by atoms with van der Waals surface area (Å²) in [6.07, 6.45) is 7.97. The zero-order valence-corrected chi connectivity index (χ0v) is 10.3. The maximum atomic E-state index is 12.0. The molecule has 94 valence electrons. The molecular weight excluding hydrogens is 228 g/mol. The number of hydrogen-bond donors (Lipinski definition) is 1. The van der Waals surface area contributed by atoms with Gasteiger partial charge in [0.2, 0.25) is 0 Å². The van der Waals surface area contributed by atoms with Crippen molar-refractivity contribution in [3.63, 3.8) is 0 Å². The minimum atomic E-state index is -0.0500. The van der Waals surface area contributed by atoms with Gasteiger partial charge in [0.05, 0.1) is 18.6 Å². The van der Waals surface area contributed by atoms with Gasteiger partial charge in [0.1, 0.15) is 5.69 Å². The maximum absolute atomic E-state index is 12.0. The zero-order valence-electron chi connectivity index (χ0n) is 10.3. The third kappa shape index (κ3) is 2.03. The lowest BCUT2D eigenvalue weighted by Gasteiger charge is -2.08. The third-order valence-electron chi connectivity index (χ3n) is 3.29. The highest BCUT2D eigenvalue weighted by Gasteiger charge is 2.25.